The Morgan fingerprint density at radius 1 is 0.958 bits per heavy atom. The summed E-state index contributed by atoms with van der Waals surface area (Å²) in [5.74, 6) is 1.44. The summed E-state index contributed by atoms with van der Waals surface area (Å²) in [5.41, 5.74) is 7.07. The Labute approximate surface area is 144 Å². The average molecular weight is 322 g/mol. The smallest absolute Gasteiger partial charge is 0.116 e. The molecule has 0 spiro atoms. The summed E-state index contributed by atoms with van der Waals surface area (Å²) in [5, 5.41) is 0. The van der Waals surface area contributed by atoms with E-state index in [1.165, 1.54) is 60.6 Å². The Morgan fingerprint density at radius 2 is 1.79 bits per heavy atom. The van der Waals surface area contributed by atoms with E-state index in [0.717, 1.165) is 31.8 Å². The van der Waals surface area contributed by atoms with Crippen molar-refractivity contribution in [2.24, 2.45) is 0 Å². The Kier molecular flexibility index (Phi) is 3.47. The van der Waals surface area contributed by atoms with Gasteiger partial charge in [-0.05, 0) is 44.2 Å². The van der Waals surface area contributed by atoms with Gasteiger partial charge in [0.15, 0.2) is 0 Å². The molecular weight excluding hydrogens is 296 g/mol. The van der Waals surface area contributed by atoms with Crippen molar-refractivity contribution >= 4 is 5.57 Å². The molecule has 2 atom stereocenters. The zero-order valence-corrected chi connectivity index (χ0v) is 14.5. The molecule has 0 N–H and O–H groups in total. The number of likely N-dealkylation sites (N-methyl/N-ethyl adjacent to an activating group) is 1. The van der Waals surface area contributed by atoms with E-state index >= 15 is 0 Å². The summed E-state index contributed by atoms with van der Waals surface area (Å²) in [6.45, 7) is 4.68. The molecule has 1 aliphatic heterocycles. The van der Waals surface area contributed by atoms with Crippen molar-refractivity contribution in [1.29, 1.82) is 0 Å². The molecule has 2 heterocycles. The molecule has 1 aromatic heterocycles. The van der Waals surface area contributed by atoms with Gasteiger partial charge in [0.1, 0.15) is 6.33 Å². The Morgan fingerprint density at radius 3 is 2.58 bits per heavy atom. The first-order valence-corrected chi connectivity index (χ1v) is 9.46. The first-order chi connectivity index (χ1) is 11.8. The molecular formula is C20H26N4. The molecule has 0 amide bonds. The summed E-state index contributed by atoms with van der Waals surface area (Å²) in [6.07, 6.45) is 12.8. The highest BCUT2D eigenvalue weighted by atomic mass is 15.2. The molecule has 2 unspecified atom stereocenters. The first kappa shape index (κ1) is 14.6. The molecule has 3 aliphatic carbocycles. The highest BCUT2D eigenvalue weighted by Gasteiger charge is 2.40. The lowest BCUT2D eigenvalue weighted by Crippen LogP contribution is -2.43. The van der Waals surface area contributed by atoms with Gasteiger partial charge in [0, 0.05) is 49.8 Å². The van der Waals surface area contributed by atoms with Crippen LogP contribution in [0.25, 0.3) is 5.57 Å². The highest BCUT2D eigenvalue weighted by Crippen LogP contribution is 2.53. The van der Waals surface area contributed by atoms with E-state index in [-0.39, 0.29) is 0 Å². The minimum absolute atomic E-state index is 0.715. The summed E-state index contributed by atoms with van der Waals surface area (Å²) in [7, 11) is 2.22. The fourth-order valence-corrected chi connectivity index (χ4v) is 5.05. The van der Waals surface area contributed by atoms with Crippen LogP contribution in [0.1, 0.15) is 60.9 Å². The van der Waals surface area contributed by atoms with Gasteiger partial charge >= 0.3 is 0 Å². The molecule has 1 aromatic rings. The van der Waals surface area contributed by atoms with Crippen LogP contribution in [0.4, 0.5) is 0 Å². The zero-order chi connectivity index (χ0) is 16.1. The number of aromatic nitrogens is 2. The molecule has 4 aliphatic rings. The molecule has 4 heteroatoms. The van der Waals surface area contributed by atoms with Crippen LogP contribution in [-0.2, 0) is 0 Å². The normalized spacial score (nSPS) is 29.5. The standard InChI is InChI=1S/C20H26N4/c1-23-8-10-24(11-9-23)17-6-4-14(5-7-17)19-18-15-2-3-16(12-15)20(18)22-13-21-19/h4,7,13,15-16H,2-3,5-6,8-12H2,1H3. The SMILES string of the molecule is CN1CCN(C2=CCC(c3ncnc4c3C3CCC4C3)=CC2)CC1. The molecule has 1 saturated carbocycles. The van der Waals surface area contributed by atoms with E-state index in [0.29, 0.717) is 5.92 Å². The third-order valence-electron chi connectivity index (χ3n) is 6.47. The van der Waals surface area contributed by atoms with Crippen LogP contribution < -0.4 is 0 Å². The molecule has 2 fully saturated rings. The van der Waals surface area contributed by atoms with Crippen LogP contribution in [0.3, 0.4) is 0 Å². The van der Waals surface area contributed by atoms with Gasteiger partial charge in [0.2, 0.25) is 0 Å². The summed E-state index contributed by atoms with van der Waals surface area (Å²) < 4.78 is 0. The molecule has 0 radical (unpaired) electrons. The van der Waals surface area contributed by atoms with E-state index < -0.39 is 0 Å². The fraction of sp³-hybridized carbons (Fsp3) is 0.600. The van der Waals surface area contributed by atoms with Gasteiger partial charge < -0.3 is 9.80 Å². The van der Waals surface area contributed by atoms with Crippen LogP contribution in [0.2, 0.25) is 0 Å². The maximum atomic E-state index is 4.71. The van der Waals surface area contributed by atoms with E-state index in [1.807, 2.05) is 0 Å². The Hall–Kier alpha value is -1.68. The Bertz CT molecular complexity index is 712. The summed E-state index contributed by atoms with van der Waals surface area (Å²) in [4.78, 5) is 14.3. The lowest BCUT2D eigenvalue weighted by atomic mass is 9.89. The van der Waals surface area contributed by atoms with Crippen molar-refractivity contribution in [2.75, 3.05) is 33.2 Å². The fourth-order valence-electron chi connectivity index (χ4n) is 5.05. The maximum absolute atomic E-state index is 4.71. The average Bonchev–Trinajstić information content (AvgIpc) is 3.25. The molecule has 1 saturated heterocycles. The van der Waals surface area contributed by atoms with Gasteiger partial charge in [-0.3, -0.25) is 0 Å². The minimum atomic E-state index is 0.715. The third kappa shape index (κ3) is 2.31. The van der Waals surface area contributed by atoms with Crippen molar-refractivity contribution in [2.45, 2.75) is 43.9 Å². The van der Waals surface area contributed by atoms with Crippen LogP contribution >= 0.6 is 0 Å². The maximum Gasteiger partial charge on any atom is 0.116 e. The second-order valence-corrected chi connectivity index (χ2v) is 7.85. The molecule has 4 nitrogen and oxygen atoms in total. The van der Waals surface area contributed by atoms with Gasteiger partial charge in [-0.15, -0.1) is 0 Å². The van der Waals surface area contributed by atoms with Crippen LogP contribution in [0, 0.1) is 0 Å². The molecule has 126 valence electrons. The topological polar surface area (TPSA) is 32.3 Å². The third-order valence-corrected chi connectivity index (χ3v) is 6.47. The molecule has 2 bridgehead atoms. The summed E-state index contributed by atoms with van der Waals surface area (Å²) >= 11 is 0. The first-order valence-electron chi connectivity index (χ1n) is 9.46. The zero-order valence-electron chi connectivity index (χ0n) is 14.5. The predicted octanol–water partition coefficient (Wildman–Crippen LogP) is 3.15. The molecule has 24 heavy (non-hydrogen) atoms. The number of fused-ring (bicyclic) bond motifs is 5. The van der Waals surface area contributed by atoms with Gasteiger partial charge in [0.05, 0.1) is 11.4 Å². The van der Waals surface area contributed by atoms with Crippen molar-refractivity contribution in [3.8, 4) is 0 Å². The second-order valence-electron chi connectivity index (χ2n) is 7.85. The van der Waals surface area contributed by atoms with Gasteiger partial charge in [-0.25, -0.2) is 9.97 Å². The lowest BCUT2D eigenvalue weighted by molar-refractivity contribution is 0.183. The van der Waals surface area contributed by atoms with E-state index in [9.17, 15) is 0 Å². The second kappa shape index (κ2) is 5.69. The monoisotopic (exact) mass is 322 g/mol. The number of hydrogen-bond acceptors (Lipinski definition) is 4. The largest absolute Gasteiger partial charge is 0.372 e. The number of allylic oxidation sites excluding steroid dienone is 3. The number of nitrogens with zero attached hydrogens (tertiary/aromatic N) is 4. The van der Waals surface area contributed by atoms with Crippen LogP contribution in [0.15, 0.2) is 24.2 Å². The van der Waals surface area contributed by atoms with E-state index in [2.05, 4.69) is 34.0 Å². The van der Waals surface area contributed by atoms with Gasteiger partial charge in [-0.1, -0.05) is 12.2 Å². The summed E-state index contributed by atoms with van der Waals surface area (Å²) in [6, 6.07) is 0. The Balaban J connectivity index is 1.36. The van der Waals surface area contributed by atoms with Crippen molar-refractivity contribution in [1.82, 2.24) is 19.8 Å². The molecule has 0 aromatic carbocycles. The van der Waals surface area contributed by atoms with Crippen molar-refractivity contribution < 1.29 is 0 Å². The van der Waals surface area contributed by atoms with Gasteiger partial charge in [-0.2, -0.15) is 0 Å². The van der Waals surface area contributed by atoms with Crippen molar-refractivity contribution in [3.63, 3.8) is 0 Å². The number of hydrogen-bond donors (Lipinski definition) is 0. The quantitative estimate of drug-likeness (QED) is 0.837. The molecule has 5 rings (SSSR count). The van der Waals surface area contributed by atoms with Crippen molar-refractivity contribution in [3.05, 3.63) is 41.1 Å². The number of piperazine rings is 1. The van der Waals surface area contributed by atoms with E-state index in [4.69, 9.17) is 4.98 Å². The predicted molar refractivity (Wildman–Crippen MR) is 95.7 cm³/mol. The van der Waals surface area contributed by atoms with Gasteiger partial charge in [0.25, 0.3) is 0 Å². The van der Waals surface area contributed by atoms with Crippen LogP contribution in [0.5, 0.6) is 0 Å². The number of rotatable bonds is 2. The lowest BCUT2D eigenvalue weighted by Gasteiger charge is -2.36. The minimum Gasteiger partial charge on any atom is -0.372 e. The van der Waals surface area contributed by atoms with E-state index in [1.54, 1.807) is 6.33 Å². The van der Waals surface area contributed by atoms with Crippen LogP contribution in [-0.4, -0.2) is 53.0 Å². The highest BCUT2D eigenvalue weighted by molar-refractivity contribution is 5.70.